The number of nitrogens with one attached hydrogen (secondary N) is 2. The molecule has 2 heterocycles. The van der Waals surface area contributed by atoms with Crippen LogP contribution in [0.15, 0.2) is 71.8 Å². The number of hydrogen-bond donors (Lipinski definition) is 2. The van der Waals surface area contributed by atoms with Crippen molar-refractivity contribution in [1.82, 2.24) is 15.0 Å². The molecular formula is C24H22ClN7O. The van der Waals surface area contributed by atoms with E-state index in [-0.39, 0.29) is 0 Å². The van der Waals surface area contributed by atoms with E-state index in [0.717, 1.165) is 16.6 Å². The average molecular weight is 460 g/mol. The number of ether oxygens (including phenoxy) is 1. The fourth-order valence-electron chi connectivity index (χ4n) is 3.48. The molecule has 0 saturated carbocycles. The molecule has 3 aromatic carbocycles. The van der Waals surface area contributed by atoms with Crippen LogP contribution in [0.1, 0.15) is 5.56 Å². The highest BCUT2D eigenvalue weighted by atomic mass is 35.5. The van der Waals surface area contributed by atoms with Crippen molar-refractivity contribution in [3.8, 4) is 0 Å². The zero-order valence-electron chi connectivity index (χ0n) is 17.8. The third-order valence-electron chi connectivity index (χ3n) is 5.17. The Morgan fingerprint density at radius 3 is 2.45 bits per heavy atom. The van der Waals surface area contributed by atoms with Gasteiger partial charge >= 0.3 is 0 Å². The van der Waals surface area contributed by atoms with Crippen LogP contribution >= 0.6 is 11.6 Å². The molecule has 0 unspecified atom stereocenters. The number of aromatic nitrogens is 3. The van der Waals surface area contributed by atoms with E-state index in [9.17, 15) is 0 Å². The first-order chi connectivity index (χ1) is 16.2. The molecule has 0 aliphatic carbocycles. The SMILES string of the molecule is Clc1ccc(/C=N\Nc2nc(Nc3ccc4ccccc4c3)nc(N3CCOCC3)n2)cc1. The highest BCUT2D eigenvalue weighted by Gasteiger charge is 2.16. The van der Waals surface area contributed by atoms with Gasteiger partial charge in [0.15, 0.2) is 0 Å². The third kappa shape index (κ3) is 5.36. The van der Waals surface area contributed by atoms with Gasteiger partial charge in [0.25, 0.3) is 0 Å². The van der Waals surface area contributed by atoms with Crippen molar-refractivity contribution >= 4 is 52.1 Å². The summed E-state index contributed by atoms with van der Waals surface area (Å²) in [6, 6.07) is 21.7. The number of hydrogen-bond acceptors (Lipinski definition) is 8. The first-order valence-electron chi connectivity index (χ1n) is 10.6. The summed E-state index contributed by atoms with van der Waals surface area (Å²) in [6.07, 6.45) is 1.69. The fourth-order valence-corrected chi connectivity index (χ4v) is 3.61. The zero-order valence-corrected chi connectivity index (χ0v) is 18.5. The van der Waals surface area contributed by atoms with Crippen LogP contribution in [0.25, 0.3) is 10.8 Å². The van der Waals surface area contributed by atoms with Crippen LogP contribution in [0, 0.1) is 0 Å². The zero-order chi connectivity index (χ0) is 22.5. The Morgan fingerprint density at radius 1 is 0.879 bits per heavy atom. The standard InChI is InChI=1S/C24H22ClN7O/c25-20-8-5-17(6-9-20)16-26-31-23-28-22(29-24(30-23)32-11-13-33-14-12-32)27-21-10-7-18-3-1-2-4-19(18)15-21/h1-10,15-16H,11-14H2,(H2,27,28,29,30,31)/b26-16-. The minimum atomic E-state index is 0.347. The fraction of sp³-hybridized carbons (Fsp3) is 0.167. The Kier molecular flexibility index (Phi) is 6.27. The molecular weight excluding hydrogens is 438 g/mol. The molecule has 0 bridgehead atoms. The molecule has 33 heavy (non-hydrogen) atoms. The van der Waals surface area contributed by atoms with Gasteiger partial charge in [-0.1, -0.05) is 54.1 Å². The molecule has 1 aliphatic rings. The normalized spacial score (nSPS) is 14.0. The highest BCUT2D eigenvalue weighted by Crippen LogP contribution is 2.23. The first-order valence-corrected chi connectivity index (χ1v) is 11.0. The molecule has 1 fully saturated rings. The maximum atomic E-state index is 5.94. The number of hydrazone groups is 1. The predicted molar refractivity (Wildman–Crippen MR) is 133 cm³/mol. The lowest BCUT2D eigenvalue weighted by Crippen LogP contribution is -2.37. The van der Waals surface area contributed by atoms with Crippen molar-refractivity contribution in [2.75, 3.05) is 41.9 Å². The molecule has 166 valence electrons. The average Bonchev–Trinajstić information content (AvgIpc) is 2.86. The summed E-state index contributed by atoms with van der Waals surface area (Å²) in [6.45, 7) is 2.70. The smallest absolute Gasteiger partial charge is 0.250 e. The van der Waals surface area contributed by atoms with Gasteiger partial charge in [-0.3, -0.25) is 0 Å². The molecule has 1 aliphatic heterocycles. The third-order valence-corrected chi connectivity index (χ3v) is 5.42. The Hall–Kier alpha value is -3.75. The molecule has 4 aromatic rings. The molecule has 0 radical (unpaired) electrons. The van der Waals surface area contributed by atoms with E-state index in [1.165, 1.54) is 5.39 Å². The Labute approximate surface area is 196 Å². The predicted octanol–water partition coefficient (Wildman–Crippen LogP) is 4.70. The van der Waals surface area contributed by atoms with Crippen LogP contribution < -0.4 is 15.6 Å². The van der Waals surface area contributed by atoms with Gasteiger partial charge in [-0.2, -0.15) is 20.1 Å². The lowest BCUT2D eigenvalue weighted by Gasteiger charge is -2.27. The number of anilines is 4. The van der Waals surface area contributed by atoms with Gasteiger partial charge in [0.2, 0.25) is 17.8 Å². The second kappa shape index (κ2) is 9.81. The van der Waals surface area contributed by atoms with Crippen LogP contribution in [-0.4, -0.2) is 47.5 Å². The van der Waals surface area contributed by atoms with E-state index in [4.69, 9.17) is 16.3 Å². The van der Waals surface area contributed by atoms with Crippen molar-refractivity contribution in [2.45, 2.75) is 0 Å². The van der Waals surface area contributed by atoms with Gasteiger partial charge in [-0.15, -0.1) is 0 Å². The van der Waals surface area contributed by atoms with Gasteiger partial charge < -0.3 is 15.0 Å². The van der Waals surface area contributed by atoms with Gasteiger partial charge in [0.1, 0.15) is 0 Å². The maximum absolute atomic E-state index is 5.94. The molecule has 8 nitrogen and oxygen atoms in total. The first kappa shape index (κ1) is 21.1. The van der Waals surface area contributed by atoms with E-state index >= 15 is 0 Å². The summed E-state index contributed by atoms with van der Waals surface area (Å²) in [5.74, 6) is 1.35. The number of nitrogens with zero attached hydrogens (tertiary/aromatic N) is 5. The molecule has 1 aromatic heterocycles. The van der Waals surface area contributed by atoms with E-state index in [0.29, 0.717) is 49.2 Å². The van der Waals surface area contributed by atoms with Crippen molar-refractivity contribution in [1.29, 1.82) is 0 Å². The number of morpholine rings is 1. The van der Waals surface area contributed by atoms with Crippen molar-refractivity contribution in [3.63, 3.8) is 0 Å². The Bertz CT molecular complexity index is 1270. The number of fused-ring (bicyclic) bond motifs is 1. The van der Waals surface area contributed by atoms with Gasteiger partial charge in [0.05, 0.1) is 19.4 Å². The summed E-state index contributed by atoms with van der Waals surface area (Å²) >= 11 is 5.94. The molecule has 2 N–H and O–H groups in total. The second-order valence-electron chi connectivity index (χ2n) is 7.49. The van der Waals surface area contributed by atoms with Crippen molar-refractivity contribution in [3.05, 3.63) is 77.3 Å². The molecule has 0 atom stereocenters. The van der Waals surface area contributed by atoms with Gasteiger partial charge in [-0.05, 0) is 40.6 Å². The molecule has 0 amide bonds. The van der Waals surface area contributed by atoms with Crippen LogP contribution in [0.5, 0.6) is 0 Å². The summed E-state index contributed by atoms with van der Waals surface area (Å²) in [7, 11) is 0. The van der Waals surface area contributed by atoms with E-state index in [1.54, 1.807) is 6.21 Å². The highest BCUT2D eigenvalue weighted by molar-refractivity contribution is 6.30. The number of halogens is 1. The van der Waals surface area contributed by atoms with Crippen molar-refractivity contribution in [2.24, 2.45) is 5.10 Å². The minimum absolute atomic E-state index is 0.347. The summed E-state index contributed by atoms with van der Waals surface area (Å²) in [5, 5.41) is 10.6. The van der Waals surface area contributed by atoms with Gasteiger partial charge in [-0.25, -0.2) is 5.43 Å². The molecule has 1 saturated heterocycles. The maximum Gasteiger partial charge on any atom is 0.250 e. The van der Waals surface area contributed by atoms with Crippen LogP contribution in [0.4, 0.5) is 23.5 Å². The summed E-state index contributed by atoms with van der Waals surface area (Å²) in [5.41, 5.74) is 4.72. The van der Waals surface area contributed by atoms with E-state index < -0.39 is 0 Å². The quantitative estimate of drug-likeness (QED) is 0.319. The topological polar surface area (TPSA) is 87.6 Å². The van der Waals surface area contributed by atoms with Crippen molar-refractivity contribution < 1.29 is 4.74 Å². The van der Waals surface area contributed by atoms with Gasteiger partial charge in [0, 0.05) is 23.8 Å². The molecule has 5 rings (SSSR count). The summed E-state index contributed by atoms with van der Waals surface area (Å²) in [4.78, 5) is 15.8. The Balaban J connectivity index is 1.40. The lowest BCUT2D eigenvalue weighted by atomic mass is 10.1. The van der Waals surface area contributed by atoms with E-state index in [1.807, 2.05) is 42.5 Å². The monoisotopic (exact) mass is 459 g/mol. The van der Waals surface area contributed by atoms with E-state index in [2.05, 4.69) is 60.0 Å². The number of rotatable bonds is 6. The van der Waals surface area contributed by atoms with Crippen LogP contribution in [0.3, 0.4) is 0 Å². The van der Waals surface area contributed by atoms with Crippen LogP contribution in [0.2, 0.25) is 5.02 Å². The summed E-state index contributed by atoms with van der Waals surface area (Å²) < 4.78 is 5.46. The van der Waals surface area contributed by atoms with Crippen LogP contribution in [-0.2, 0) is 4.74 Å². The molecule has 9 heteroatoms. The number of benzene rings is 3. The molecule has 0 spiro atoms. The Morgan fingerprint density at radius 2 is 1.64 bits per heavy atom. The second-order valence-corrected chi connectivity index (χ2v) is 7.93. The largest absolute Gasteiger partial charge is 0.378 e. The lowest BCUT2D eigenvalue weighted by molar-refractivity contribution is 0.122. The minimum Gasteiger partial charge on any atom is -0.378 e.